The first-order valence-corrected chi connectivity index (χ1v) is 8.30. The molecule has 0 saturated carbocycles. The number of nitrogens with one attached hydrogen (secondary N) is 1. The molecule has 0 bridgehead atoms. The van der Waals surface area contributed by atoms with Crippen LogP contribution in [0.4, 0.5) is 0 Å². The van der Waals surface area contributed by atoms with Crippen LogP contribution in [-0.4, -0.2) is 13.1 Å². The quantitative estimate of drug-likeness (QED) is 0.662. The number of hydrogen-bond acceptors (Lipinski definition) is 1. The van der Waals surface area contributed by atoms with Crippen molar-refractivity contribution < 1.29 is 0 Å². The molecule has 0 spiro atoms. The predicted molar refractivity (Wildman–Crippen MR) is 90.4 cm³/mol. The zero-order valence-electron chi connectivity index (χ0n) is 13.5. The first kappa shape index (κ1) is 17.5. The molecular formula is C18H30ClN. The predicted octanol–water partition coefficient (Wildman–Crippen LogP) is 5.18. The summed E-state index contributed by atoms with van der Waals surface area (Å²) in [4.78, 5) is 0. The van der Waals surface area contributed by atoms with E-state index in [4.69, 9.17) is 11.6 Å². The molecule has 1 aromatic carbocycles. The molecule has 1 atom stereocenters. The molecule has 0 aliphatic heterocycles. The second-order valence-corrected chi connectivity index (χ2v) is 7.16. The smallest absolute Gasteiger partial charge is 0.0408 e. The highest BCUT2D eigenvalue weighted by molar-refractivity contribution is 6.30. The van der Waals surface area contributed by atoms with Crippen LogP contribution in [0.15, 0.2) is 24.3 Å². The van der Waals surface area contributed by atoms with Crippen LogP contribution in [0.25, 0.3) is 0 Å². The molecule has 20 heavy (non-hydrogen) atoms. The number of halogens is 1. The minimum Gasteiger partial charge on any atom is -0.316 e. The SMILES string of the molecule is CC(C)CCC(CNCC(C)C)Cc1cccc(Cl)c1. The molecule has 0 aliphatic carbocycles. The van der Waals surface area contributed by atoms with Crippen molar-refractivity contribution in [1.29, 1.82) is 0 Å². The molecule has 0 saturated heterocycles. The van der Waals surface area contributed by atoms with Crippen LogP contribution in [-0.2, 0) is 6.42 Å². The maximum atomic E-state index is 6.09. The van der Waals surface area contributed by atoms with E-state index in [9.17, 15) is 0 Å². The summed E-state index contributed by atoms with van der Waals surface area (Å²) in [5, 5.41) is 4.46. The average Bonchev–Trinajstić information content (AvgIpc) is 2.35. The summed E-state index contributed by atoms with van der Waals surface area (Å²) in [5.41, 5.74) is 1.36. The van der Waals surface area contributed by atoms with Gasteiger partial charge >= 0.3 is 0 Å². The van der Waals surface area contributed by atoms with Crippen molar-refractivity contribution in [1.82, 2.24) is 5.32 Å². The maximum Gasteiger partial charge on any atom is 0.0408 e. The van der Waals surface area contributed by atoms with Crippen molar-refractivity contribution in [2.45, 2.75) is 47.0 Å². The fourth-order valence-electron chi connectivity index (χ4n) is 2.42. The summed E-state index contributed by atoms with van der Waals surface area (Å²) < 4.78 is 0. The van der Waals surface area contributed by atoms with Crippen molar-refractivity contribution in [3.05, 3.63) is 34.9 Å². The molecule has 1 N–H and O–H groups in total. The summed E-state index contributed by atoms with van der Waals surface area (Å²) >= 11 is 6.09. The van der Waals surface area contributed by atoms with Gasteiger partial charge in [0.2, 0.25) is 0 Å². The molecule has 0 aliphatic rings. The van der Waals surface area contributed by atoms with Crippen molar-refractivity contribution >= 4 is 11.6 Å². The van der Waals surface area contributed by atoms with E-state index in [1.54, 1.807) is 0 Å². The minimum atomic E-state index is 0.703. The Labute approximate surface area is 130 Å². The number of rotatable bonds is 9. The molecular weight excluding hydrogens is 266 g/mol. The lowest BCUT2D eigenvalue weighted by molar-refractivity contribution is 0.389. The highest BCUT2D eigenvalue weighted by Gasteiger charge is 2.11. The Morgan fingerprint density at radius 1 is 1.00 bits per heavy atom. The first-order chi connectivity index (χ1) is 9.47. The van der Waals surface area contributed by atoms with Gasteiger partial charge < -0.3 is 5.32 Å². The molecule has 2 heteroatoms. The summed E-state index contributed by atoms with van der Waals surface area (Å²) in [7, 11) is 0. The lowest BCUT2D eigenvalue weighted by Gasteiger charge is -2.20. The van der Waals surface area contributed by atoms with Crippen LogP contribution in [0, 0.1) is 17.8 Å². The van der Waals surface area contributed by atoms with Gasteiger partial charge in [-0.1, -0.05) is 57.8 Å². The van der Waals surface area contributed by atoms with E-state index < -0.39 is 0 Å². The van der Waals surface area contributed by atoms with Crippen LogP contribution in [0.5, 0.6) is 0 Å². The Morgan fingerprint density at radius 3 is 2.35 bits per heavy atom. The summed E-state index contributed by atoms with van der Waals surface area (Å²) in [6, 6.07) is 8.30. The lowest BCUT2D eigenvalue weighted by Crippen LogP contribution is -2.27. The van der Waals surface area contributed by atoms with Crippen LogP contribution in [0.2, 0.25) is 5.02 Å². The van der Waals surface area contributed by atoms with Crippen LogP contribution >= 0.6 is 11.6 Å². The molecule has 0 heterocycles. The van der Waals surface area contributed by atoms with E-state index in [0.29, 0.717) is 11.8 Å². The van der Waals surface area contributed by atoms with E-state index in [2.05, 4.69) is 51.2 Å². The largest absolute Gasteiger partial charge is 0.316 e. The van der Waals surface area contributed by atoms with Crippen molar-refractivity contribution in [2.75, 3.05) is 13.1 Å². The van der Waals surface area contributed by atoms with Gasteiger partial charge in [-0.05, 0) is 61.4 Å². The van der Waals surface area contributed by atoms with Gasteiger partial charge in [0, 0.05) is 5.02 Å². The van der Waals surface area contributed by atoms with Gasteiger partial charge in [0.15, 0.2) is 0 Å². The monoisotopic (exact) mass is 295 g/mol. The zero-order chi connectivity index (χ0) is 15.0. The fraction of sp³-hybridized carbons (Fsp3) is 0.667. The van der Waals surface area contributed by atoms with Gasteiger partial charge in [0.1, 0.15) is 0 Å². The first-order valence-electron chi connectivity index (χ1n) is 7.92. The van der Waals surface area contributed by atoms with Crippen LogP contribution in [0.3, 0.4) is 0 Å². The second-order valence-electron chi connectivity index (χ2n) is 6.72. The Bertz CT molecular complexity index is 373. The lowest BCUT2D eigenvalue weighted by atomic mass is 9.91. The van der Waals surface area contributed by atoms with Crippen molar-refractivity contribution in [3.63, 3.8) is 0 Å². The Hall–Kier alpha value is -0.530. The number of benzene rings is 1. The van der Waals surface area contributed by atoms with E-state index in [1.165, 1.54) is 18.4 Å². The maximum absolute atomic E-state index is 6.09. The third kappa shape index (κ3) is 7.91. The van der Waals surface area contributed by atoms with Gasteiger partial charge in [-0.2, -0.15) is 0 Å². The van der Waals surface area contributed by atoms with E-state index >= 15 is 0 Å². The summed E-state index contributed by atoms with van der Waals surface area (Å²) in [6.07, 6.45) is 3.71. The van der Waals surface area contributed by atoms with E-state index in [-0.39, 0.29) is 0 Å². The van der Waals surface area contributed by atoms with Gasteiger partial charge in [-0.15, -0.1) is 0 Å². The fourth-order valence-corrected chi connectivity index (χ4v) is 2.63. The molecule has 1 rings (SSSR count). The standard InChI is InChI=1S/C18H30ClN/c1-14(2)8-9-17(13-20-12-15(3)4)10-16-6-5-7-18(19)11-16/h5-7,11,14-15,17,20H,8-10,12-13H2,1-4H3. The highest BCUT2D eigenvalue weighted by atomic mass is 35.5. The van der Waals surface area contributed by atoms with Gasteiger partial charge in [0.25, 0.3) is 0 Å². The average molecular weight is 296 g/mol. The Kier molecular flexibility index (Phi) is 8.25. The van der Waals surface area contributed by atoms with Crippen molar-refractivity contribution in [3.8, 4) is 0 Å². The zero-order valence-corrected chi connectivity index (χ0v) is 14.2. The molecule has 114 valence electrons. The van der Waals surface area contributed by atoms with Crippen molar-refractivity contribution in [2.24, 2.45) is 17.8 Å². The van der Waals surface area contributed by atoms with Gasteiger partial charge in [0.05, 0.1) is 0 Å². The molecule has 0 fully saturated rings. The van der Waals surface area contributed by atoms with Crippen LogP contribution in [0.1, 0.15) is 46.1 Å². The van der Waals surface area contributed by atoms with Crippen LogP contribution < -0.4 is 5.32 Å². The van der Waals surface area contributed by atoms with Gasteiger partial charge in [-0.25, -0.2) is 0 Å². The molecule has 1 unspecified atom stereocenters. The molecule has 0 amide bonds. The summed E-state index contributed by atoms with van der Waals surface area (Å²) in [5.74, 6) is 2.20. The topological polar surface area (TPSA) is 12.0 Å². The Balaban J connectivity index is 2.52. The molecule has 0 radical (unpaired) electrons. The molecule has 0 aromatic heterocycles. The second kappa shape index (κ2) is 9.41. The summed E-state index contributed by atoms with van der Waals surface area (Å²) in [6.45, 7) is 11.3. The normalized spacial score (nSPS) is 13.2. The van der Waals surface area contributed by atoms with Gasteiger partial charge in [-0.3, -0.25) is 0 Å². The highest BCUT2D eigenvalue weighted by Crippen LogP contribution is 2.19. The van der Waals surface area contributed by atoms with E-state index in [0.717, 1.165) is 30.5 Å². The number of hydrogen-bond donors (Lipinski definition) is 1. The third-order valence-electron chi connectivity index (χ3n) is 3.55. The van der Waals surface area contributed by atoms with E-state index in [1.807, 2.05) is 6.07 Å². The Morgan fingerprint density at radius 2 is 1.75 bits per heavy atom. The molecule has 1 nitrogen and oxygen atoms in total. The third-order valence-corrected chi connectivity index (χ3v) is 3.79. The minimum absolute atomic E-state index is 0.703. The molecule has 1 aromatic rings.